The van der Waals surface area contributed by atoms with Gasteiger partial charge in [0.2, 0.25) is 0 Å². The van der Waals surface area contributed by atoms with E-state index in [0.29, 0.717) is 19.3 Å². The van der Waals surface area contributed by atoms with Gasteiger partial charge in [-0.05, 0) is 141 Å². The lowest BCUT2D eigenvalue weighted by Gasteiger charge is -2.21. The Bertz CT molecular complexity index is 2540. The van der Waals surface area contributed by atoms with Gasteiger partial charge < -0.3 is 34.2 Å². The molecule has 0 aliphatic rings. The van der Waals surface area contributed by atoms with E-state index in [2.05, 4.69) is 179 Å². The molecular formula is C87H146O16P2. The molecule has 0 aromatic carbocycles. The largest absolute Gasteiger partial charge is 0.472 e. The molecule has 0 aliphatic heterocycles. The first-order valence-electron chi connectivity index (χ1n) is 40.8. The van der Waals surface area contributed by atoms with Crippen LogP contribution in [-0.2, 0) is 55.8 Å². The van der Waals surface area contributed by atoms with Gasteiger partial charge in [-0.25, -0.2) is 9.13 Å². The van der Waals surface area contributed by atoms with Crippen LogP contribution in [0.15, 0.2) is 158 Å². The second-order valence-corrected chi connectivity index (χ2v) is 29.7. The van der Waals surface area contributed by atoms with Gasteiger partial charge in [0.15, 0.2) is 6.10 Å². The van der Waals surface area contributed by atoms with E-state index in [1.54, 1.807) is 0 Å². The maximum absolute atomic E-state index is 12.9. The minimum atomic E-state index is -4.94. The number of ether oxygens (including phenoxy) is 3. The first kappa shape index (κ1) is 100. The number of phosphoric ester groups is 2. The zero-order valence-corrected chi connectivity index (χ0v) is 67.4. The molecule has 16 nitrogen and oxygen atoms in total. The Morgan fingerprint density at radius 1 is 0.276 bits per heavy atom. The number of hydrogen-bond acceptors (Lipinski definition) is 14. The number of carbonyl (C=O) groups is 3. The van der Waals surface area contributed by atoms with Crippen molar-refractivity contribution in [3.05, 3.63) is 158 Å². The van der Waals surface area contributed by atoms with Crippen molar-refractivity contribution in [3.63, 3.8) is 0 Å². The predicted octanol–water partition coefficient (Wildman–Crippen LogP) is 24.2. The number of aliphatic hydroxyl groups is 2. The van der Waals surface area contributed by atoms with Gasteiger partial charge in [0.1, 0.15) is 25.4 Å². The lowest BCUT2D eigenvalue weighted by molar-refractivity contribution is -0.161. The summed E-state index contributed by atoms with van der Waals surface area (Å²) in [4.78, 5) is 58.6. The Balaban J connectivity index is 4.42. The molecule has 0 spiro atoms. The van der Waals surface area contributed by atoms with Crippen LogP contribution in [0.1, 0.15) is 316 Å². The van der Waals surface area contributed by atoms with Crippen LogP contribution in [0.3, 0.4) is 0 Å². The monoisotopic (exact) mass is 1510 g/mol. The van der Waals surface area contributed by atoms with Crippen LogP contribution >= 0.6 is 15.6 Å². The molecule has 0 aliphatic carbocycles. The lowest BCUT2D eigenvalue weighted by atomic mass is 10.0. The third kappa shape index (κ3) is 80.0. The van der Waals surface area contributed by atoms with Crippen LogP contribution in [0.2, 0.25) is 0 Å². The summed E-state index contributed by atoms with van der Waals surface area (Å²) in [5.41, 5.74) is 0. The summed E-state index contributed by atoms with van der Waals surface area (Å²) < 4.78 is 61.1. The number of esters is 3. The van der Waals surface area contributed by atoms with Crippen molar-refractivity contribution in [3.8, 4) is 0 Å². The average Bonchev–Trinajstić information content (AvgIpc) is 0.933. The quantitative estimate of drug-likeness (QED) is 0.0146. The molecule has 0 radical (unpaired) electrons. The Hall–Kier alpha value is -4.83. The van der Waals surface area contributed by atoms with Crippen molar-refractivity contribution >= 4 is 33.6 Å². The highest BCUT2D eigenvalue weighted by molar-refractivity contribution is 7.47. The Labute approximate surface area is 638 Å². The minimum Gasteiger partial charge on any atom is -0.463 e. The fraction of sp³-hybridized carbons (Fsp3) is 0.667. The highest BCUT2D eigenvalue weighted by Gasteiger charge is 2.29. The molecule has 0 fully saturated rings. The zero-order chi connectivity index (χ0) is 76.6. The Morgan fingerprint density at radius 2 is 0.505 bits per heavy atom. The summed E-state index contributed by atoms with van der Waals surface area (Å²) in [5.74, 6) is -1.60. The van der Waals surface area contributed by atoms with Gasteiger partial charge in [0, 0.05) is 19.3 Å². The molecule has 600 valence electrons. The summed E-state index contributed by atoms with van der Waals surface area (Å²) in [6, 6.07) is 0. The van der Waals surface area contributed by atoms with Gasteiger partial charge in [-0.2, -0.15) is 0 Å². The van der Waals surface area contributed by atoms with E-state index in [4.69, 9.17) is 32.3 Å². The van der Waals surface area contributed by atoms with Gasteiger partial charge >= 0.3 is 33.6 Å². The van der Waals surface area contributed by atoms with E-state index in [1.165, 1.54) is 77.0 Å². The minimum absolute atomic E-state index is 0.0870. The van der Waals surface area contributed by atoms with Crippen LogP contribution in [0.4, 0.5) is 0 Å². The van der Waals surface area contributed by atoms with Crippen LogP contribution in [0.25, 0.3) is 0 Å². The number of hydrogen-bond donors (Lipinski definition) is 4. The fourth-order valence-electron chi connectivity index (χ4n) is 10.6. The van der Waals surface area contributed by atoms with Gasteiger partial charge in [-0.1, -0.05) is 314 Å². The lowest BCUT2D eigenvalue weighted by Crippen LogP contribution is -2.30. The standard InChI is InChI=1S/C87H146O16P2/c1-4-7-10-13-16-19-22-24-26-28-30-32-34-36-37-38-39-40-41-42-43-45-47-48-50-52-54-56-59-61-64-67-70-73-85(90)97-76-82(88)77-99-104(93,94)100-78-83(89)79-101-105(95,96)102-81-84(103-87(92)75-72-69-66-63-58-21-18-15-12-9-6-3)80-98-86(91)74-71-68-65-62-60-57-55-53-51-49-46-44-35-33-31-29-27-25-23-20-17-14-11-8-5-2/h7-8,10-11,15-20,24-27,30-33,36-37,39-40,44,46,51,53,82-84,88-89H,4-6,9,12-14,21-23,28-29,34-35,38,41-43,45,47-50,52,54-81H2,1-3H3,(H,93,94)(H,95,96)/b10-7-,11-8-,18-15-,19-16-,20-17-,26-24-,27-25-,32-30-,33-31-,37-36-,40-39-,46-44-,53-51-. The van der Waals surface area contributed by atoms with E-state index in [1.807, 2.05) is 0 Å². The highest BCUT2D eigenvalue weighted by Crippen LogP contribution is 2.45. The van der Waals surface area contributed by atoms with Crippen molar-refractivity contribution in [2.24, 2.45) is 0 Å². The maximum Gasteiger partial charge on any atom is 0.472 e. The van der Waals surface area contributed by atoms with Gasteiger partial charge in [-0.3, -0.25) is 32.5 Å². The topological polar surface area (TPSA) is 231 Å². The molecule has 0 rings (SSSR count). The second-order valence-electron chi connectivity index (χ2n) is 26.8. The third-order valence-electron chi connectivity index (χ3n) is 16.7. The molecule has 0 amide bonds. The summed E-state index contributed by atoms with van der Waals surface area (Å²) in [6.07, 6.45) is 98.8. The van der Waals surface area contributed by atoms with Crippen molar-refractivity contribution < 1.29 is 75.8 Å². The molecule has 4 N–H and O–H groups in total. The molecule has 0 saturated carbocycles. The molecule has 5 unspecified atom stereocenters. The smallest absolute Gasteiger partial charge is 0.463 e. The summed E-state index contributed by atoms with van der Waals surface area (Å²) >= 11 is 0. The molecule has 105 heavy (non-hydrogen) atoms. The van der Waals surface area contributed by atoms with Gasteiger partial charge in [0.05, 0.1) is 26.4 Å². The van der Waals surface area contributed by atoms with Gasteiger partial charge in [-0.15, -0.1) is 0 Å². The summed E-state index contributed by atoms with van der Waals surface area (Å²) in [6.45, 7) is 2.38. The molecule has 18 heteroatoms. The number of unbranched alkanes of at least 4 members (excludes halogenated alkanes) is 27. The van der Waals surface area contributed by atoms with E-state index in [-0.39, 0.29) is 19.3 Å². The Morgan fingerprint density at radius 3 is 0.810 bits per heavy atom. The summed E-state index contributed by atoms with van der Waals surface area (Å²) in [7, 11) is -9.80. The first-order chi connectivity index (χ1) is 51.2. The average molecular weight is 1510 g/mol. The predicted molar refractivity (Wildman–Crippen MR) is 435 cm³/mol. The molecular weight excluding hydrogens is 1360 g/mol. The second kappa shape index (κ2) is 78.7. The SMILES string of the molecule is CC/C=C\C/C=C\C/C=C\C/C=C\C/C=C\C/C=C\CCCCCCCCCCCCCCCCC(=O)OCC(O)COP(=O)(O)OCC(O)COP(=O)(O)OCC(COC(=O)CCCCCCCC/C=C\C/C=C\C/C=C\C/C=C\C/C=C\C/C=C\CC)OC(=O)CCCCCCC/C=C\CCCC. The first-order valence-corrected chi connectivity index (χ1v) is 43.8. The van der Waals surface area contributed by atoms with Crippen LogP contribution in [-0.4, -0.2) is 95.9 Å². The molecule has 0 bridgehead atoms. The van der Waals surface area contributed by atoms with Crippen LogP contribution < -0.4 is 0 Å². The van der Waals surface area contributed by atoms with E-state index in [9.17, 15) is 43.5 Å². The summed E-state index contributed by atoms with van der Waals surface area (Å²) in [5, 5.41) is 20.6. The van der Waals surface area contributed by atoms with E-state index >= 15 is 0 Å². The third-order valence-corrected chi connectivity index (χ3v) is 18.6. The number of rotatable bonds is 76. The van der Waals surface area contributed by atoms with Crippen LogP contribution in [0, 0.1) is 0 Å². The fourth-order valence-corrected chi connectivity index (χ4v) is 12.1. The van der Waals surface area contributed by atoms with Crippen molar-refractivity contribution in [2.45, 2.75) is 334 Å². The highest BCUT2D eigenvalue weighted by atomic mass is 31.2. The van der Waals surface area contributed by atoms with E-state index in [0.717, 1.165) is 180 Å². The maximum atomic E-state index is 12.9. The van der Waals surface area contributed by atoms with Crippen molar-refractivity contribution in [2.75, 3.05) is 39.6 Å². The number of aliphatic hydroxyl groups excluding tert-OH is 2. The molecule has 0 aromatic rings. The van der Waals surface area contributed by atoms with Crippen molar-refractivity contribution in [1.29, 1.82) is 0 Å². The number of carbonyl (C=O) groups excluding carboxylic acids is 3. The molecule has 0 aromatic heterocycles. The number of phosphoric acid groups is 2. The number of allylic oxidation sites excluding steroid dienone is 26. The zero-order valence-electron chi connectivity index (χ0n) is 65.6. The molecule has 0 heterocycles. The van der Waals surface area contributed by atoms with Gasteiger partial charge in [0.25, 0.3) is 0 Å². The molecule has 0 saturated heterocycles. The normalized spacial score (nSPS) is 14.8. The van der Waals surface area contributed by atoms with Crippen molar-refractivity contribution in [1.82, 2.24) is 0 Å². The molecule has 5 atom stereocenters. The Kier molecular flexibility index (Phi) is 75.1. The van der Waals surface area contributed by atoms with Crippen LogP contribution in [0.5, 0.6) is 0 Å². The van der Waals surface area contributed by atoms with E-state index < -0.39 is 91.5 Å².